The molecule has 14 heteroatoms. The Morgan fingerprint density at radius 2 is 1.75 bits per heavy atom. The molecule has 0 radical (unpaired) electrons. The highest BCUT2D eigenvalue weighted by Crippen LogP contribution is 2.28. The molecule has 1 heterocycles. The number of nitrogens with two attached hydrogens (primary N) is 2. The Morgan fingerprint density at radius 1 is 1.06 bits per heavy atom. The molecule has 0 saturated carbocycles. The third-order valence-electron chi connectivity index (χ3n) is 7.98. The van der Waals surface area contributed by atoms with Gasteiger partial charge in [0.1, 0.15) is 6.10 Å². The monoisotopic (exact) mass is 676 g/mol. The maximum absolute atomic E-state index is 13.8. The van der Waals surface area contributed by atoms with Crippen LogP contribution in [-0.2, 0) is 38.1 Å². The van der Waals surface area contributed by atoms with Crippen molar-refractivity contribution in [3.05, 3.63) is 58.5 Å². The first-order chi connectivity index (χ1) is 22.8. The Kier molecular flexibility index (Phi) is 17.4. The van der Waals surface area contributed by atoms with Crippen LogP contribution in [0.25, 0.3) is 0 Å². The van der Waals surface area contributed by atoms with Gasteiger partial charge in [-0.05, 0) is 38.2 Å². The van der Waals surface area contributed by atoms with E-state index in [2.05, 4.69) is 10.6 Å². The molecule has 2 bridgehead atoms. The molecule has 0 aromatic carbocycles. The van der Waals surface area contributed by atoms with Gasteiger partial charge in [-0.1, -0.05) is 38.2 Å². The van der Waals surface area contributed by atoms with Crippen LogP contribution in [0.5, 0.6) is 0 Å². The molecule has 48 heavy (non-hydrogen) atoms. The molecule has 1 aliphatic carbocycles. The van der Waals surface area contributed by atoms with Crippen molar-refractivity contribution in [1.82, 2.24) is 10.6 Å². The average molecular weight is 677 g/mol. The molecule has 6 atom stereocenters. The smallest absolute Gasteiger partial charge is 0.405 e. The van der Waals surface area contributed by atoms with Crippen molar-refractivity contribution >= 4 is 23.6 Å². The Labute approximate surface area is 282 Å². The Balaban J connectivity index is 2.47. The highest BCUT2D eigenvalue weighted by Gasteiger charge is 2.33. The molecule has 0 aromatic rings. The van der Waals surface area contributed by atoms with E-state index in [1.807, 2.05) is 6.92 Å². The number of primary amides is 1. The van der Waals surface area contributed by atoms with Gasteiger partial charge < -0.3 is 50.9 Å². The second kappa shape index (κ2) is 20.6. The highest BCUT2D eigenvalue weighted by molar-refractivity contribution is 6.23. The van der Waals surface area contributed by atoms with E-state index in [1.54, 1.807) is 39.0 Å². The molecule has 0 saturated heterocycles. The predicted molar refractivity (Wildman–Crippen MR) is 178 cm³/mol. The maximum atomic E-state index is 13.8. The number of ether oxygens (including phenoxy) is 5. The number of aliphatic hydroxyl groups excluding tert-OH is 1. The number of aliphatic hydroxyl groups is 1. The number of hydrogen-bond acceptors (Lipinski definition) is 12. The van der Waals surface area contributed by atoms with E-state index in [4.69, 9.17) is 35.2 Å². The molecule has 14 nitrogen and oxygen atoms in total. The lowest BCUT2D eigenvalue weighted by molar-refractivity contribution is -0.120. The van der Waals surface area contributed by atoms with Gasteiger partial charge >= 0.3 is 6.09 Å². The summed E-state index contributed by atoms with van der Waals surface area (Å²) >= 11 is 0. The summed E-state index contributed by atoms with van der Waals surface area (Å²) in [5.74, 6) is -2.26. The summed E-state index contributed by atoms with van der Waals surface area (Å²) in [4.78, 5) is 52.0. The van der Waals surface area contributed by atoms with Crippen molar-refractivity contribution in [2.24, 2.45) is 23.3 Å². The number of fused-ring (bicyclic) bond motifs is 2. The number of nitrogens with one attached hydrogen (secondary N) is 2. The molecule has 2 rings (SSSR count). The van der Waals surface area contributed by atoms with Crippen molar-refractivity contribution in [3.8, 4) is 0 Å². The van der Waals surface area contributed by atoms with Gasteiger partial charge in [-0.15, -0.1) is 0 Å². The fourth-order valence-corrected chi connectivity index (χ4v) is 5.43. The number of allylic oxidation sites excluding steroid dienone is 4. The summed E-state index contributed by atoms with van der Waals surface area (Å²) in [5.41, 5.74) is 11.8. The molecule has 1 aliphatic heterocycles. The lowest BCUT2D eigenvalue weighted by Gasteiger charge is -2.30. The maximum Gasteiger partial charge on any atom is 0.405 e. The molecule has 0 spiro atoms. The Bertz CT molecular complexity index is 1290. The third kappa shape index (κ3) is 12.4. The summed E-state index contributed by atoms with van der Waals surface area (Å²) in [6.45, 7) is 9.03. The first kappa shape index (κ1) is 40.5. The molecular formula is C34H52N4O10. The van der Waals surface area contributed by atoms with Crippen molar-refractivity contribution in [3.63, 3.8) is 0 Å². The minimum atomic E-state index is -1.01. The number of carbonyl (C=O) groups is 4. The summed E-state index contributed by atoms with van der Waals surface area (Å²) in [5, 5.41) is 16.9. The molecule has 0 unspecified atom stereocenters. The minimum absolute atomic E-state index is 0.126. The number of carbonyl (C=O) groups excluding carboxylic acids is 4. The summed E-state index contributed by atoms with van der Waals surface area (Å²) < 4.78 is 27.5. The van der Waals surface area contributed by atoms with E-state index in [0.29, 0.717) is 38.4 Å². The van der Waals surface area contributed by atoms with Crippen LogP contribution in [0.4, 0.5) is 4.79 Å². The van der Waals surface area contributed by atoms with Crippen LogP contribution >= 0.6 is 0 Å². The van der Waals surface area contributed by atoms with Gasteiger partial charge in [0.05, 0.1) is 50.0 Å². The van der Waals surface area contributed by atoms with E-state index in [1.165, 1.54) is 20.3 Å². The van der Waals surface area contributed by atoms with Crippen LogP contribution in [0, 0.1) is 11.8 Å². The van der Waals surface area contributed by atoms with Crippen LogP contribution in [0.3, 0.4) is 0 Å². The molecule has 7 N–H and O–H groups in total. The van der Waals surface area contributed by atoms with Crippen molar-refractivity contribution in [2.75, 3.05) is 53.7 Å². The highest BCUT2D eigenvalue weighted by atomic mass is 16.6. The van der Waals surface area contributed by atoms with Gasteiger partial charge in [0, 0.05) is 50.4 Å². The number of ketones is 2. The van der Waals surface area contributed by atoms with Crippen LogP contribution in [0.2, 0.25) is 0 Å². The Hall–Kier alpha value is -3.66. The molecule has 268 valence electrons. The van der Waals surface area contributed by atoms with Gasteiger partial charge in [0.25, 0.3) is 5.91 Å². The second-order valence-electron chi connectivity index (χ2n) is 11.9. The quantitative estimate of drug-likeness (QED) is 0.113. The third-order valence-corrected chi connectivity index (χ3v) is 7.98. The van der Waals surface area contributed by atoms with Gasteiger partial charge in [0.15, 0.2) is 6.10 Å². The largest absolute Gasteiger partial charge is 0.439 e. The zero-order valence-electron chi connectivity index (χ0n) is 28.8. The summed E-state index contributed by atoms with van der Waals surface area (Å²) in [6.07, 6.45) is 3.61. The van der Waals surface area contributed by atoms with Gasteiger partial charge in [-0.25, -0.2) is 4.79 Å². The van der Waals surface area contributed by atoms with Crippen molar-refractivity contribution < 1.29 is 48.0 Å². The van der Waals surface area contributed by atoms with Gasteiger partial charge in [0.2, 0.25) is 11.6 Å². The topological polar surface area (TPSA) is 211 Å². The standard InChI is InChI=1S/C34H52N4O10/c1-20-16-24-29(37-11-13-47-15-14-46-12-10-35)26(39)19-25(31(24)41)38-33(42)21(2)8-7-9-27(44-5)32(48-34(36)43)23(4)18-22(3)30(40)28(17-20)45-6/h7-9,18-20,22,27-28,30,32,37,40H,10-17,35H2,1-6H3,(H2,36,43)(H,38,42)/b9-7+,21-8-,23-18+/t20-,22+,27+,28+,30-,32+/m0/s1. The molecule has 2 amide bonds. The first-order valence-electron chi connectivity index (χ1n) is 16.0. The lowest BCUT2D eigenvalue weighted by Crippen LogP contribution is -2.38. The predicted octanol–water partition coefficient (Wildman–Crippen LogP) is 1.34. The van der Waals surface area contributed by atoms with Crippen molar-refractivity contribution in [2.45, 2.75) is 65.0 Å². The van der Waals surface area contributed by atoms with Crippen LogP contribution in [0.15, 0.2) is 58.5 Å². The first-order valence-corrected chi connectivity index (χ1v) is 16.0. The number of methoxy groups -OCH3 is 2. The SMILES string of the molecule is CO[C@@H]1/C=C/C=C(/C)C(=O)NC2=CC(=O)C(NCCOCCOCCN)=C(C[C@H](C)C[C@@H](OC)[C@@H](O)[C@H](C)/C=C(\C)[C@H]1OC(N)=O)C2=O. The number of amides is 2. The summed E-state index contributed by atoms with van der Waals surface area (Å²) in [6, 6.07) is 0. The van der Waals surface area contributed by atoms with E-state index in [9.17, 15) is 24.3 Å². The molecule has 0 aromatic heterocycles. The van der Waals surface area contributed by atoms with Crippen LogP contribution < -0.4 is 22.1 Å². The van der Waals surface area contributed by atoms with E-state index >= 15 is 0 Å². The number of Topliss-reactive ketones (excluding diaryl/α,β-unsaturated/α-hetero) is 1. The van der Waals surface area contributed by atoms with E-state index < -0.39 is 53.9 Å². The average Bonchev–Trinajstić information content (AvgIpc) is 3.04. The number of rotatable bonds is 12. The fraction of sp³-hybridized carbons (Fsp3) is 0.588. The van der Waals surface area contributed by atoms with E-state index in [-0.39, 0.29) is 48.0 Å². The van der Waals surface area contributed by atoms with Crippen LogP contribution in [-0.4, -0.2) is 107 Å². The lowest BCUT2D eigenvalue weighted by atomic mass is 9.85. The van der Waals surface area contributed by atoms with Crippen LogP contribution in [0.1, 0.15) is 40.5 Å². The minimum Gasteiger partial charge on any atom is -0.439 e. The fourth-order valence-electron chi connectivity index (χ4n) is 5.43. The van der Waals surface area contributed by atoms with E-state index in [0.717, 1.165) is 6.08 Å². The Morgan fingerprint density at radius 3 is 2.38 bits per heavy atom. The molecule has 0 fully saturated rings. The normalized spacial score (nSPS) is 29.2. The second-order valence-corrected chi connectivity index (χ2v) is 11.9. The van der Waals surface area contributed by atoms with Gasteiger partial charge in [-0.3, -0.25) is 14.4 Å². The zero-order valence-corrected chi connectivity index (χ0v) is 28.8. The van der Waals surface area contributed by atoms with Gasteiger partial charge in [-0.2, -0.15) is 0 Å². The molecular weight excluding hydrogens is 624 g/mol. The zero-order chi connectivity index (χ0) is 35.8. The van der Waals surface area contributed by atoms with Crippen molar-refractivity contribution in [1.29, 1.82) is 0 Å². The molecule has 2 aliphatic rings. The number of hydrogen-bond donors (Lipinski definition) is 5. The summed E-state index contributed by atoms with van der Waals surface area (Å²) in [7, 11) is 2.91.